The standard InChI is InChI=1S/C27H26N6O4/c34-24(16-32-14-13-25(35)33(17-26(36)37)23-8-4-3-7-22(23)32)28-15-18-9-11-19(12-10-18)29-27-30-20-5-1-2-6-21(20)31-27/h1-12H,13-17H2,(H,28,34)(H,36,37)(H2,29,30,31). The molecule has 0 aliphatic carbocycles. The lowest BCUT2D eigenvalue weighted by Crippen LogP contribution is -2.37. The summed E-state index contributed by atoms with van der Waals surface area (Å²) in [5, 5.41) is 15.4. The van der Waals surface area contributed by atoms with Crippen LogP contribution < -0.4 is 20.4 Å². The summed E-state index contributed by atoms with van der Waals surface area (Å²) in [6, 6.07) is 22.5. The number of carbonyl (C=O) groups excluding carboxylic acids is 2. The van der Waals surface area contributed by atoms with E-state index in [0.717, 1.165) is 22.3 Å². The average Bonchev–Trinajstić information content (AvgIpc) is 3.26. The van der Waals surface area contributed by atoms with Crippen molar-refractivity contribution in [3.05, 3.63) is 78.4 Å². The van der Waals surface area contributed by atoms with E-state index in [2.05, 4.69) is 20.6 Å². The van der Waals surface area contributed by atoms with Gasteiger partial charge in [0.25, 0.3) is 0 Å². The molecule has 3 aromatic carbocycles. The smallest absolute Gasteiger partial charge is 0.323 e. The van der Waals surface area contributed by atoms with Crippen molar-refractivity contribution in [2.24, 2.45) is 0 Å². The Bertz CT molecular complexity index is 1420. The van der Waals surface area contributed by atoms with Crippen LogP contribution in [0.1, 0.15) is 12.0 Å². The van der Waals surface area contributed by atoms with E-state index in [0.29, 0.717) is 30.4 Å². The SMILES string of the molecule is O=C(O)CN1C(=O)CCN(CC(=O)NCc2ccc(Nc3nc4ccccc4[nH]3)cc2)c2ccccc21. The van der Waals surface area contributed by atoms with Crippen LogP contribution in [0.4, 0.5) is 23.0 Å². The Hall–Kier alpha value is -4.86. The van der Waals surface area contributed by atoms with Gasteiger partial charge >= 0.3 is 5.97 Å². The lowest BCUT2D eigenvalue weighted by Gasteiger charge is -2.25. The molecule has 0 saturated heterocycles. The predicted octanol–water partition coefficient (Wildman–Crippen LogP) is 3.25. The molecular weight excluding hydrogens is 472 g/mol. The second-order valence-electron chi connectivity index (χ2n) is 8.74. The van der Waals surface area contributed by atoms with Gasteiger partial charge < -0.3 is 25.6 Å². The largest absolute Gasteiger partial charge is 0.480 e. The number of rotatable bonds is 8. The number of carboxylic acids is 1. The third kappa shape index (κ3) is 5.53. The molecule has 1 aliphatic rings. The minimum atomic E-state index is -1.09. The van der Waals surface area contributed by atoms with E-state index in [1.807, 2.05) is 53.4 Å². The molecule has 0 bridgehead atoms. The molecule has 0 saturated carbocycles. The van der Waals surface area contributed by atoms with Gasteiger partial charge in [0.2, 0.25) is 17.8 Å². The minimum absolute atomic E-state index is 0.0525. The molecular formula is C27H26N6O4. The van der Waals surface area contributed by atoms with E-state index < -0.39 is 12.5 Å². The highest BCUT2D eigenvalue weighted by Crippen LogP contribution is 2.32. The van der Waals surface area contributed by atoms with Crippen molar-refractivity contribution in [1.82, 2.24) is 15.3 Å². The number of benzene rings is 3. The zero-order valence-electron chi connectivity index (χ0n) is 20.0. The second-order valence-corrected chi connectivity index (χ2v) is 8.74. The highest BCUT2D eigenvalue weighted by Gasteiger charge is 2.28. The van der Waals surface area contributed by atoms with Crippen LogP contribution in [0.5, 0.6) is 0 Å². The van der Waals surface area contributed by atoms with Crippen LogP contribution in [0.3, 0.4) is 0 Å². The number of aromatic amines is 1. The third-order valence-electron chi connectivity index (χ3n) is 6.13. The highest BCUT2D eigenvalue weighted by molar-refractivity contribution is 6.02. The third-order valence-corrected chi connectivity index (χ3v) is 6.13. The first-order valence-electron chi connectivity index (χ1n) is 11.9. The molecule has 0 fully saturated rings. The van der Waals surface area contributed by atoms with E-state index >= 15 is 0 Å². The summed E-state index contributed by atoms with van der Waals surface area (Å²) in [5.41, 5.74) is 4.79. The fraction of sp³-hybridized carbons (Fsp3) is 0.185. The molecule has 4 aromatic rings. The summed E-state index contributed by atoms with van der Waals surface area (Å²) in [5.74, 6) is -0.916. The molecule has 188 valence electrons. The van der Waals surface area contributed by atoms with Gasteiger partial charge in [-0.05, 0) is 42.0 Å². The Balaban J connectivity index is 1.19. The van der Waals surface area contributed by atoms with Crippen LogP contribution >= 0.6 is 0 Å². The fourth-order valence-corrected chi connectivity index (χ4v) is 4.34. The Labute approximate surface area is 212 Å². The molecule has 1 aromatic heterocycles. The van der Waals surface area contributed by atoms with Crippen molar-refractivity contribution >= 4 is 51.8 Å². The molecule has 4 N–H and O–H groups in total. The molecule has 37 heavy (non-hydrogen) atoms. The van der Waals surface area contributed by atoms with Crippen LogP contribution in [0, 0.1) is 0 Å². The lowest BCUT2D eigenvalue weighted by molar-refractivity contribution is -0.136. The van der Waals surface area contributed by atoms with Gasteiger partial charge in [-0.2, -0.15) is 0 Å². The van der Waals surface area contributed by atoms with Crippen molar-refractivity contribution < 1.29 is 19.5 Å². The maximum absolute atomic E-state index is 12.8. The van der Waals surface area contributed by atoms with Gasteiger partial charge in [0, 0.05) is 25.2 Å². The zero-order chi connectivity index (χ0) is 25.8. The fourth-order valence-electron chi connectivity index (χ4n) is 4.34. The molecule has 5 rings (SSSR count). The lowest BCUT2D eigenvalue weighted by atomic mass is 10.2. The molecule has 10 heteroatoms. The average molecular weight is 499 g/mol. The van der Waals surface area contributed by atoms with Crippen molar-refractivity contribution in [1.29, 1.82) is 0 Å². The number of imidazole rings is 1. The van der Waals surface area contributed by atoms with Crippen molar-refractivity contribution in [3.63, 3.8) is 0 Å². The van der Waals surface area contributed by atoms with Gasteiger partial charge in [-0.1, -0.05) is 36.4 Å². The number of H-pyrrole nitrogens is 1. The maximum Gasteiger partial charge on any atom is 0.323 e. The van der Waals surface area contributed by atoms with E-state index in [9.17, 15) is 19.5 Å². The Morgan fingerprint density at radius 1 is 0.946 bits per heavy atom. The zero-order valence-corrected chi connectivity index (χ0v) is 20.0. The first kappa shape index (κ1) is 23.9. The number of nitrogens with one attached hydrogen (secondary N) is 3. The number of carbonyl (C=O) groups is 3. The Morgan fingerprint density at radius 2 is 1.68 bits per heavy atom. The first-order chi connectivity index (χ1) is 18.0. The molecule has 0 atom stereocenters. The number of aromatic nitrogens is 2. The summed E-state index contributed by atoms with van der Waals surface area (Å²) in [7, 11) is 0. The van der Waals surface area contributed by atoms with Gasteiger partial charge in [-0.15, -0.1) is 0 Å². The number of anilines is 4. The number of aliphatic carboxylic acids is 1. The van der Waals surface area contributed by atoms with Crippen molar-refractivity contribution in [3.8, 4) is 0 Å². The van der Waals surface area contributed by atoms with Gasteiger partial charge in [0.05, 0.1) is 29.0 Å². The molecule has 10 nitrogen and oxygen atoms in total. The monoisotopic (exact) mass is 498 g/mol. The van der Waals surface area contributed by atoms with Crippen LogP contribution in [-0.2, 0) is 20.9 Å². The van der Waals surface area contributed by atoms with E-state index in [1.54, 1.807) is 24.3 Å². The molecule has 0 radical (unpaired) electrons. The van der Waals surface area contributed by atoms with Gasteiger partial charge in [0.1, 0.15) is 6.54 Å². The minimum Gasteiger partial charge on any atom is -0.480 e. The van der Waals surface area contributed by atoms with Gasteiger partial charge in [-0.25, -0.2) is 4.98 Å². The second kappa shape index (κ2) is 10.4. The molecule has 2 heterocycles. The highest BCUT2D eigenvalue weighted by atomic mass is 16.4. The summed E-state index contributed by atoms with van der Waals surface area (Å²) < 4.78 is 0. The van der Waals surface area contributed by atoms with Crippen molar-refractivity contribution in [2.75, 3.05) is 34.8 Å². The summed E-state index contributed by atoms with van der Waals surface area (Å²) in [4.78, 5) is 47.4. The number of carboxylic acid groups (broad SMARTS) is 1. The quantitative estimate of drug-likeness (QED) is 0.293. The van der Waals surface area contributed by atoms with Gasteiger partial charge in [-0.3, -0.25) is 19.3 Å². The van der Waals surface area contributed by atoms with E-state index in [-0.39, 0.29) is 24.8 Å². The maximum atomic E-state index is 12.8. The summed E-state index contributed by atoms with van der Waals surface area (Å²) in [6.45, 7) is 0.304. The molecule has 0 spiro atoms. The number of hydrogen-bond acceptors (Lipinski definition) is 6. The topological polar surface area (TPSA) is 131 Å². The van der Waals surface area contributed by atoms with Crippen LogP contribution in [0.25, 0.3) is 11.0 Å². The number of hydrogen-bond donors (Lipinski definition) is 4. The predicted molar refractivity (Wildman–Crippen MR) is 141 cm³/mol. The normalized spacial score (nSPS) is 13.2. The van der Waals surface area contributed by atoms with E-state index in [1.165, 1.54) is 4.90 Å². The van der Waals surface area contributed by atoms with Crippen LogP contribution in [0.15, 0.2) is 72.8 Å². The summed E-state index contributed by atoms with van der Waals surface area (Å²) in [6.07, 6.45) is 0.120. The number of amides is 2. The Morgan fingerprint density at radius 3 is 2.43 bits per heavy atom. The first-order valence-corrected chi connectivity index (χ1v) is 11.9. The number of para-hydroxylation sites is 4. The Kier molecular flexibility index (Phi) is 6.71. The summed E-state index contributed by atoms with van der Waals surface area (Å²) >= 11 is 0. The molecule has 1 aliphatic heterocycles. The number of nitrogens with zero attached hydrogens (tertiary/aromatic N) is 3. The van der Waals surface area contributed by atoms with E-state index in [4.69, 9.17) is 0 Å². The molecule has 0 unspecified atom stereocenters. The van der Waals surface area contributed by atoms with Crippen LogP contribution in [0.2, 0.25) is 0 Å². The van der Waals surface area contributed by atoms with Crippen LogP contribution in [-0.4, -0.2) is 52.5 Å². The van der Waals surface area contributed by atoms with Crippen molar-refractivity contribution in [2.45, 2.75) is 13.0 Å². The number of fused-ring (bicyclic) bond motifs is 2. The van der Waals surface area contributed by atoms with Gasteiger partial charge in [0.15, 0.2) is 0 Å². The molecule has 2 amide bonds.